The number of hydrogen-bond donors (Lipinski definition) is 2. The quantitative estimate of drug-likeness (QED) is 0.753. The van der Waals surface area contributed by atoms with Crippen LogP contribution in [0, 0.1) is 6.92 Å². The fourth-order valence-electron chi connectivity index (χ4n) is 2.08. The van der Waals surface area contributed by atoms with Gasteiger partial charge in [-0.25, -0.2) is 18.4 Å². The van der Waals surface area contributed by atoms with Gasteiger partial charge in [-0.2, -0.15) is 0 Å². The van der Waals surface area contributed by atoms with Crippen LogP contribution in [-0.4, -0.2) is 26.4 Å². The molecule has 0 aliphatic heterocycles. The van der Waals surface area contributed by atoms with E-state index in [4.69, 9.17) is 21.5 Å². The molecule has 3 N–H and O–H groups in total. The minimum Gasteiger partial charge on any atom is -0.449 e. The minimum atomic E-state index is -4.01. The molecule has 0 aliphatic rings. The van der Waals surface area contributed by atoms with Crippen LogP contribution in [0.4, 0.5) is 5.69 Å². The molecule has 1 atom stereocenters. The molecule has 138 valence electrons. The number of aryl methyl sites for hydroxylation is 1. The molecule has 0 saturated carbocycles. The Balaban J connectivity index is 2.12. The van der Waals surface area contributed by atoms with Crippen LogP contribution in [0.3, 0.4) is 0 Å². The molecule has 0 aliphatic carbocycles. The van der Waals surface area contributed by atoms with Gasteiger partial charge >= 0.3 is 5.97 Å². The van der Waals surface area contributed by atoms with Crippen LogP contribution >= 0.6 is 11.6 Å². The summed E-state index contributed by atoms with van der Waals surface area (Å²) in [6, 6.07) is 10.5. The number of carbonyl (C=O) groups is 2. The summed E-state index contributed by atoms with van der Waals surface area (Å²) in [5.74, 6) is -1.48. The Kier molecular flexibility index (Phi) is 6.01. The first-order chi connectivity index (χ1) is 12.1. The average Bonchev–Trinajstić information content (AvgIpc) is 2.53. The molecule has 0 saturated heterocycles. The summed E-state index contributed by atoms with van der Waals surface area (Å²) in [6.45, 7) is 3.26. The Hall–Kier alpha value is -2.42. The van der Waals surface area contributed by atoms with Crippen LogP contribution in [0.2, 0.25) is 5.02 Å². The maximum Gasteiger partial charge on any atom is 0.340 e. The predicted octanol–water partition coefficient (Wildman–Crippen LogP) is 2.48. The van der Waals surface area contributed by atoms with Crippen LogP contribution in [0.15, 0.2) is 47.4 Å². The zero-order valence-corrected chi connectivity index (χ0v) is 15.6. The molecule has 26 heavy (non-hydrogen) atoms. The SMILES string of the molecule is Cc1cccc(NC(=O)[C@@H](C)OC(=O)c2cc(S(N)(=O)=O)ccc2Cl)c1. The molecule has 0 radical (unpaired) electrons. The molecule has 7 nitrogen and oxygen atoms in total. The van der Waals surface area contributed by atoms with Crippen LogP contribution in [0.1, 0.15) is 22.8 Å². The number of esters is 1. The number of benzene rings is 2. The van der Waals surface area contributed by atoms with E-state index < -0.39 is 28.0 Å². The molecule has 2 rings (SSSR count). The number of ether oxygens (including phenoxy) is 1. The molecule has 1 amide bonds. The summed E-state index contributed by atoms with van der Waals surface area (Å²) >= 11 is 5.91. The second-order valence-electron chi connectivity index (χ2n) is 5.59. The van der Waals surface area contributed by atoms with E-state index in [1.807, 2.05) is 13.0 Å². The Morgan fingerprint density at radius 1 is 1.19 bits per heavy atom. The number of rotatable bonds is 5. The van der Waals surface area contributed by atoms with Gasteiger partial charge in [0.05, 0.1) is 15.5 Å². The van der Waals surface area contributed by atoms with Gasteiger partial charge in [-0.15, -0.1) is 0 Å². The van der Waals surface area contributed by atoms with Gasteiger partial charge in [-0.1, -0.05) is 23.7 Å². The van der Waals surface area contributed by atoms with Gasteiger partial charge in [0, 0.05) is 5.69 Å². The third-order valence-electron chi connectivity index (χ3n) is 3.42. The summed E-state index contributed by atoms with van der Waals surface area (Å²) < 4.78 is 27.9. The first-order valence-corrected chi connectivity index (χ1v) is 9.41. The second-order valence-corrected chi connectivity index (χ2v) is 7.56. The van der Waals surface area contributed by atoms with Gasteiger partial charge in [-0.3, -0.25) is 4.79 Å². The van der Waals surface area contributed by atoms with Gasteiger partial charge < -0.3 is 10.1 Å². The number of anilines is 1. The van der Waals surface area contributed by atoms with E-state index in [2.05, 4.69) is 5.32 Å². The molecule has 0 aromatic heterocycles. The van der Waals surface area contributed by atoms with E-state index in [1.165, 1.54) is 19.1 Å². The van der Waals surface area contributed by atoms with Crippen LogP contribution in [-0.2, 0) is 19.6 Å². The van der Waals surface area contributed by atoms with Gasteiger partial charge in [-0.05, 0) is 49.7 Å². The maximum absolute atomic E-state index is 12.2. The van der Waals surface area contributed by atoms with Crippen molar-refractivity contribution in [3.63, 3.8) is 0 Å². The summed E-state index contributed by atoms with van der Waals surface area (Å²) in [7, 11) is -4.01. The van der Waals surface area contributed by atoms with Gasteiger partial charge in [0.15, 0.2) is 6.10 Å². The summed E-state index contributed by atoms with van der Waals surface area (Å²) in [5, 5.41) is 7.64. The molecule has 0 bridgehead atoms. The molecule has 0 unspecified atom stereocenters. The van der Waals surface area contributed by atoms with Crippen molar-refractivity contribution in [1.82, 2.24) is 0 Å². The zero-order valence-electron chi connectivity index (χ0n) is 14.0. The third kappa shape index (κ3) is 5.04. The maximum atomic E-state index is 12.2. The van der Waals surface area contributed by atoms with E-state index in [-0.39, 0.29) is 15.5 Å². The average molecular weight is 397 g/mol. The van der Waals surface area contributed by atoms with Crippen molar-refractivity contribution < 1.29 is 22.7 Å². The fraction of sp³-hybridized carbons (Fsp3) is 0.176. The monoisotopic (exact) mass is 396 g/mol. The van der Waals surface area contributed by atoms with Crippen LogP contribution in [0.25, 0.3) is 0 Å². The van der Waals surface area contributed by atoms with E-state index in [9.17, 15) is 18.0 Å². The van der Waals surface area contributed by atoms with Crippen LogP contribution in [0.5, 0.6) is 0 Å². The molecule has 2 aromatic rings. The number of nitrogens with one attached hydrogen (secondary N) is 1. The zero-order chi connectivity index (χ0) is 19.5. The van der Waals surface area contributed by atoms with Gasteiger partial charge in [0.25, 0.3) is 5.91 Å². The minimum absolute atomic E-state index is 0.0197. The second kappa shape index (κ2) is 7.86. The van der Waals surface area contributed by atoms with E-state index in [0.717, 1.165) is 11.6 Å². The first-order valence-electron chi connectivity index (χ1n) is 7.49. The topological polar surface area (TPSA) is 116 Å². The number of carbonyl (C=O) groups excluding carboxylic acids is 2. The molecule has 2 aromatic carbocycles. The lowest BCUT2D eigenvalue weighted by atomic mass is 10.2. The van der Waals surface area contributed by atoms with E-state index in [0.29, 0.717) is 5.69 Å². The highest BCUT2D eigenvalue weighted by atomic mass is 35.5. The highest BCUT2D eigenvalue weighted by Gasteiger charge is 2.22. The van der Waals surface area contributed by atoms with Gasteiger partial charge in [0.1, 0.15) is 0 Å². The Labute approximate surface area is 156 Å². The molecule has 9 heteroatoms. The summed E-state index contributed by atoms with van der Waals surface area (Å²) in [6.07, 6.45) is -1.13. The van der Waals surface area contributed by atoms with Crippen molar-refractivity contribution in [2.75, 3.05) is 5.32 Å². The number of sulfonamides is 1. The number of amides is 1. The van der Waals surface area contributed by atoms with Crippen molar-refractivity contribution in [2.24, 2.45) is 5.14 Å². The third-order valence-corrected chi connectivity index (χ3v) is 4.67. The van der Waals surface area contributed by atoms with Crippen molar-refractivity contribution in [1.29, 1.82) is 0 Å². The standard InChI is InChI=1S/C17H17ClN2O5S/c1-10-4-3-5-12(8-10)20-16(21)11(2)25-17(22)14-9-13(26(19,23)24)6-7-15(14)18/h3-9,11H,1-2H3,(H,20,21)(H2,19,23,24)/t11-/m1/s1. The van der Waals surface area contributed by atoms with Crippen molar-refractivity contribution in [3.05, 3.63) is 58.6 Å². The number of nitrogens with two attached hydrogens (primary N) is 1. The normalized spacial score (nSPS) is 12.3. The predicted molar refractivity (Wildman–Crippen MR) is 97.5 cm³/mol. The lowest BCUT2D eigenvalue weighted by molar-refractivity contribution is -0.123. The molecule has 0 heterocycles. The Morgan fingerprint density at radius 3 is 2.50 bits per heavy atom. The fourth-order valence-corrected chi connectivity index (χ4v) is 2.82. The van der Waals surface area contributed by atoms with E-state index in [1.54, 1.807) is 18.2 Å². The van der Waals surface area contributed by atoms with E-state index >= 15 is 0 Å². The van der Waals surface area contributed by atoms with Crippen LogP contribution < -0.4 is 10.5 Å². The Morgan fingerprint density at radius 2 is 1.88 bits per heavy atom. The molecule has 0 fully saturated rings. The Bertz CT molecular complexity index is 959. The summed E-state index contributed by atoms with van der Waals surface area (Å²) in [4.78, 5) is 24.1. The van der Waals surface area contributed by atoms with Crippen molar-refractivity contribution in [3.8, 4) is 0 Å². The number of primary sulfonamides is 1. The number of halogens is 1. The van der Waals surface area contributed by atoms with Crippen molar-refractivity contribution >= 4 is 39.2 Å². The van der Waals surface area contributed by atoms with Crippen molar-refractivity contribution in [2.45, 2.75) is 24.8 Å². The lowest BCUT2D eigenvalue weighted by Gasteiger charge is -2.14. The molecular weight excluding hydrogens is 380 g/mol. The highest BCUT2D eigenvalue weighted by molar-refractivity contribution is 7.89. The lowest BCUT2D eigenvalue weighted by Crippen LogP contribution is -2.30. The highest BCUT2D eigenvalue weighted by Crippen LogP contribution is 2.21. The summed E-state index contributed by atoms with van der Waals surface area (Å²) in [5.41, 5.74) is 1.32. The van der Waals surface area contributed by atoms with Gasteiger partial charge in [0.2, 0.25) is 10.0 Å². The molecular formula is C17H17ClN2O5S. The number of hydrogen-bond acceptors (Lipinski definition) is 5. The molecule has 0 spiro atoms. The largest absolute Gasteiger partial charge is 0.449 e. The smallest absolute Gasteiger partial charge is 0.340 e. The first kappa shape index (κ1) is 19.9.